The molecule has 3 heteroatoms. The zero-order chi connectivity index (χ0) is 9.68. The van der Waals surface area contributed by atoms with Crippen molar-refractivity contribution in [2.24, 2.45) is 4.99 Å². The third kappa shape index (κ3) is 2.40. The summed E-state index contributed by atoms with van der Waals surface area (Å²) in [6.07, 6.45) is 7.16. The lowest BCUT2D eigenvalue weighted by molar-refractivity contribution is 1.31. The summed E-state index contributed by atoms with van der Waals surface area (Å²) in [5.41, 5.74) is 8.30. The topological polar surface area (TPSA) is 51.3 Å². The molecule has 3 nitrogen and oxygen atoms in total. The third-order valence-electron chi connectivity index (χ3n) is 1.67. The van der Waals surface area contributed by atoms with E-state index in [1.165, 1.54) is 0 Å². The molecule has 0 aliphatic carbocycles. The Labute approximate surface area is 78.0 Å². The molecule has 0 bridgehead atoms. The van der Waals surface area contributed by atoms with Gasteiger partial charge in [0.15, 0.2) is 0 Å². The van der Waals surface area contributed by atoms with E-state index >= 15 is 0 Å². The molecular formula is C10H13N3. The van der Waals surface area contributed by atoms with E-state index < -0.39 is 0 Å². The summed E-state index contributed by atoms with van der Waals surface area (Å²) in [7, 11) is 1.74. The Balaban J connectivity index is 3.06. The van der Waals surface area contributed by atoms with Gasteiger partial charge in [0, 0.05) is 31.2 Å². The van der Waals surface area contributed by atoms with Crippen molar-refractivity contribution in [1.82, 2.24) is 4.98 Å². The molecule has 1 aromatic rings. The van der Waals surface area contributed by atoms with Crippen molar-refractivity contribution >= 4 is 17.5 Å². The van der Waals surface area contributed by atoms with Crippen LogP contribution in [0.5, 0.6) is 0 Å². The van der Waals surface area contributed by atoms with Gasteiger partial charge in [0.2, 0.25) is 0 Å². The molecule has 0 fully saturated rings. The molecule has 68 valence electrons. The summed E-state index contributed by atoms with van der Waals surface area (Å²) in [5.74, 6) is 0. The highest BCUT2D eigenvalue weighted by atomic mass is 14.7. The van der Waals surface area contributed by atoms with Gasteiger partial charge in [-0.15, -0.1) is 0 Å². The molecular weight excluding hydrogens is 162 g/mol. The first-order valence-corrected chi connectivity index (χ1v) is 4.07. The zero-order valence-electron chi connectivity index (χ0n) is 7.86. The van der Waals surface area contributed by atoms with Crippen molar-refractivity contribution in [2.75, 3.05) is 12.8 Å². The maximum absolute atomic E-state index is 5.61. The van der Waals surface area contributed by atoms with Crippen LogP contribution >= 0.6 is 0 Å². The van der Waals surface area contributed by atoms with Crippen molar-refractivity contribution in [3.8, 4) is 0 Å². The number of hydrogen-bond acceptors (Lipinski definition) is 3. The molecule has 1 rings (SSSR count). The number of anilines is 1. The lowest BCUT2D eigenvalue weighted by Gasteiger charge is -2.00. The fourth-order valence-corrected chi connectivity index (χ4v) is 1.07. The van der Waals surface area contributed by atoms with Crippen LogP contribution in [0.4, 0.5) is 5.69 Å². The number of nitrogen functional groups attached to an aromatic ring is 1. The second-order valence-corrected chi connectivity index (χ2v) is 2.64. The molecule has 0 saturated carbocycles. The minimum absolute atomic E-state index is 0.668. The average Bonchev–Trinajstić information content (AvgIpc) is 2.14. The molecule has 0 aromatic carbocycles. The Hall–Kier alpha value is -1.64. The molecule has 0 aliphatic rings. The molecule has 13 heavy (non-hydrogen) atoms. The van der Waals surface area contributed by atoms with E-state index in [0.717, 1.165) is 11.1 Å². The molecule has 0 amide bonds. The minimum atomic E-state index is 0.668. The first kappa shape index (κ1) is 9.45. The zero-order valence-corrected chi connectivity index (χ0v) is 7.86. The molecule has 1 heterocycles. The van der Waals surface area contributed by atoms with Gasteiger partial charge >= 0.3 is 0 Å². The minimum Gasteiger partial charge on any atom is -0.397 e. The van der Waals surface area contributed by atoms with Crippen molar-refractivity contribution in [2.45, 2.75) is 6.92 Å². The molecule has 0 unspecified atom stereocenters. The SMILES string of the molecule is C/C=C(\C=NC)c1cncc(N)c1. The highest BCUT2D eigenvalue weighted by Gasteiger charge is 1.97. The van der Waals surface area contributed by atoms with E-state index in [1.54, 1.807) is 25.7 Å². The Morgan fingerprint density at radius 3 is 2.85 bits per heavy atom. The smallest absolute Gasteiger partial charge is 0.0506 e. The average molecular weight is 175 g/mol. The number of pyridine rings is 1. The van der Waals surface area contributed by atoms with Crippen molar-refractivity contribution in [1.29, 1.82) is 0 Å². The van der Waals surface area contributed by atoms with Crippen LogP contribution in [0, 0.1) is 0 Å². The summed E-state index contributed by atoms with van der Waals surface area (Å²) in [5, 5.41) is 0. The quantitative estimate of drug-likeness (QED) is 0.696. The molecule has 0 saturated heterocycles. The van der Waals surface area contributed by atoms with Crippen LogP contribution in [0.15, 0.2) is 29.5 Å². The normalized spacial score (nSPS) is 12.3. The molecule has 0 atom stereocenters. The predicted octanol–water partition coefficient (Wildman–Crippen LogP) is 1.77. The first-order valence-electron chi connectivity index (χ1n) is 4.07. The third-order valence-corrected chi connectivity index (χ3v) is 1.67. The monoisotopic (exact) mass is 175 g/mol. The van der Waals surface area contributed by atoms with E-state index in [-0.39, 0.29) is 0 Å². The summed E-state index contributed by atoms with van der Waals surface area (Å²) < 4.78 is 0. The fourth-order valence-electron chi connectivity index (χ4n) is 1.07. The van der Waals surface area contributed by atoms with Crippen LogP contribution in [0.2, 0.25) is 0 Å². The van der Waals surface area contributed by atoms with Gasteiger partial charge < -0.3 is 5.73 Å². The number of rotatable bonds is 2. The molecule has 0 spiro atoms. The van der Waals surface area contributed by atoms with Gasteiger partial charge in [-0.1, -0.05) is 6.08 Å². The molecule has 1 aromatic heterocycles. The number of nitrogens with zero attached hydrogens (tertiary/aromatic N) is 2. The Bertz CT molecular complexity index is 340. The van der Waals surface area contributed by atoms with Gasteiger partial charge in [-0.25, -0.2) is 0 Å². The van der Waals surface area contributed by atoms with Crippen molar-refractivity contribution in [3.63, 3.8) is 0 Å². The number of allylic oxidation sites excluding steroid dienone is 2. The standard InChI is InChI=1S/C10H13N3/c1-3-8(5-12-2)9-4-10(11)7-13-6-9/h3-7H,11H2,1-2H3/b8-3+,12-5?. The second-order valence-electron chi connectivity index (χ2n) is 2.64. The molecule has 0 radical (unpaired) electrons. The van der Waals surface area contributed by atoms with Crippen LogP contribution in [0.3, 0.4) is 0 Å². The Morgan fingerprint density at radius 2 is 2.31 bits per heavy atom. The number of nitrogens with two attached hydrogens (primary N) is 1. The van der Waals surface area contributed by atoms with Crippen LogP contribution in [-0.4, -0.2) is 18.2 Å². The highest BCUT2D eigenvalue weighted by Crippen LogP contribution is 2.13. The summed E-state index contributed by atoms with van der Waals surface area (Å²) >= 11 is 0. The van der Waals surface area contributed by atoms with Crippen LogP contribution < -0.4 is 5.73 Å². The fraction of sp³-hybridized carbons (Fsp3) is 0.200. The van der Waals surface area contributed by atoms with Crippen molar-refractivity contribution in [3.05, 3.63) is 30.1 Å². The van der Waals surface area contributed by atoms with E-state index in [2.05, 4.69) is 9.98 Å². The lowest BCUT2D eigenvalue weighted by atomic mass is 10.1. The first-order chi connectivity index (χ1) is 6.27. The molecule has 0 aliphatic heterocycles. The van der Waals surface area contributed by atoms with Gasteiger partial charge in [0.05, 0.1) is 5.69 Å². The summed E-state index contributed by atoms with van der Waals surface area (Å²) in [6, 6.07) is 1.88. The van der Waals surface area contributed by atoms with E-state index in [4.69, 9.17) is 5.73 Å². The van der Waals surface area contributed by atoms with E-state index in [9.17, 15) is 0 Å². The van der Waals surface area contributed by atoms with Gasteiger partial charge in [-0.2, -0.15) is 0 Å². The lowest BCUT2D eigenvalue weighted by Crippen LogP contribution is -1.91. The van der Waals surface area contributed by atoms with Crippen molar-refractivity contribution < 1.29 is 0 Å². The Morgan fingerprint density at radius 1 is 1.54 bits per heavy atom. The Kier molecular flexibility index (Phi) is 3.20. The maximum atomic E-state index is 5.61. The van der Waals surface area contributed by atoms with Gasteiger partial charge in [-0.05, 0) is 18.6 Å². The number of aromatic nitrogens is 1. The largest absolute Gasteiger partial charge is 0.397 e. The van der Waals surface area contributed by atoms with Gasteiger partial charge in [-0.3, -0.25) is 9.98 Å². The van der Waals surface area contributed by atoms with Gasteiger partial charge in [0.25, 0.3) is 0 Å². The van der Waals surface area contributed by atoms with E-state index in [1.807, 2.05) is 19.1 Å². The maximum Gasteiger partial charge on any atom is 0.0506 e. The number of aliphatic imine (C=N–C) groups is 1. The van der Waals surface area contributed by atoms with Crippen LogP contribution in [0.1, 0.15) is 12.5 Å². The van der Waals surface area contributed by atoms with Gasteiger partial charge in [0.1, 0.15) is 0 Å². The summed E-state index contributed by atoms with van der Waals surface area (Å²) in [4.78, 5) is 7.96. The second kappa shape index (κ2) is 4.40. The molecule has 2 N–H and O–H groups in total. The predicted molar refractivity (Wildman–Crippen MR) is 56.7 cm³/mol. The van der Waals surface area contributed by atoms with E-state index in [0.29, 0.717) is 5.69 Å². The number of hydrogen-bond donors (Lipinski definition) is 1. The highest BCUT2D eigenvalue weighted by molar-refractivity contribution is 6.09. The van der Waals surface area contributed by atoms with Crippen LogP contribution in [-0.2, 0) is 0 Å². The van der Waals surface area contributed by atoms with Crippen LogP contribution in [0.25, 0.3) is 5.57 Å². The summed E-state index contributed by atoms with van der Waals surface area (Å²) in [6.45, 7) is 1.96.